The van der Waals surface area contributed by atoms with E-state index in [9.17, 15) is 24.3 Å². The first kappa shape index (κ1) is 21.2. The molecule has 1 atom stereocenters. The molecule has 1 aliphatic heterocycles. The molecule has 0 aliphatic carbocycles. The number of nitro groups is 1. The smallest absolute Gasteiger partial charge is 0.350 e. The van der Waals surface area contributed by atoms with Crippen molar-refractivity contribution in [1.82, 2.24) is 9.99 Å². The van der Waals surface area contributed by atoms with Crippen LogP contribution in [0.15, 0.2) is 35.5 Å². The molecule has 1 aromatic carbocycles. The highest BCUT2D eigenvalue weighted by atomic mass is 35.9. The van der Waals surface area contributed by atoms with Gasteiger partial charge in [-0.15, -0.1) is 0 Å². The molecule has 1 heterocycles. The summed E-state index contributed by atoms with van der Waals surface area (Å²) in [7, 11) is 0. The van der Waals surface area contributed by atoms with Crippen LogP contribution in [0.4, 0.5) is 10.5 Å². The van der Waals surface area contributed by atoms with Gasteiger partial charge in [0, 0.05) is 17.8 Å². The molecule has 1 unspecified atom stereocenters. The molecule has 0 saturated carbocycles. The lowest BCUT2D eigenvalue weighted by atomic mass is 9.95. The zero-order chi connectivity index (χ0) is 20.5. The Hall–Kier alpha value is -2.09. The quantitative estimate of drug-likeness (QED) is 0.315. The maximum absolute atomic E-state index is 12.6. The van der Waals surface area contributed by atoms with Crippen LogP contribution in [-0.4, -0.2) is 27.7 Å². The number of benzene rings is 1. The molecule has 27 heavy (non-hydrogen) atoms. The first-order valence-corrected chi connectivity index (χ1v) is 11.2. The van der Waals surface area contributed by atoms with Crippen LogP contribution < -0.4 is 5.32 Å². The van der Waals surface area contributed by atoms with Crippen LogP contribution in [0.3, 0.4) is 0 Å². The highest BCUT2D eigenvalue weighted by Crippen LogP contribution is 2.64. The van der Waals surface area contributed by atoms with Gasteiger partial charge >= 0.3 is 18.0 Å². The van der Waals surface area contributed by atoms with E-state index in [1.165, 1.54) is 25.1 Å². The van der Waals surface area contributed by atoms with E-state index in [0.29, 0.717) is 4.67 Å². The predicted molar refractivity (Wildman–Crippen MR) is 99.4 cm³/mol. The molecule has 0 bridgehead atoms. The van der Waals surface area contributed by atoms with Gasteiger partial charge in [0.25, 0.3) is 5.69 Å². The molecule has 9 nitrogen and oxygen atoms in total. The van der Waals surface area contributed by atoms with Crippen molar-refractivity contribution < 1.29 is 23.8 Å². The number of nitrogens with zero attached hydrogens (tertiary/aromatic N) is 2. The van der Waals surface area contributed by atoms with Gasteiger partial charge in [0.15, 0.2) is 0 Å². The van der Waals surface area contributed by atoms with E-state index < -0.39 is 35.1 Å². The van der Waals surface area contributed by atoms with E-state index in [1.54, 1.807) is 13.8 Å². The summed E-state index contributed by atoms with van der Waals surface area (Å²) in [5.74, 6) is -5.04. The van der Waals surface area contributed by atoms with Gasteiger partial charge in [0.05, 0.1) is 16.6 Å². The largest absolute Gasteiger partial charge is 0.459 e. The molecular formula is C15H16Cl2N3O6P. The first-order valence-electron chi connectivity index (χ1n) is 7.69. The van der Waals surface area contributed by atoms with Crippen molar-refractivity contribution in [3.63, 3.8) is 0 Å². The Labute approximate surface area is 164 Å². The number of halogens is 2. The van der Waals surface area contributed by atoms with Crippen molar-refractivity contribution in [2.45, 2.75) is 32.9 Å². The van der Waals surface area contributed by atoms with Crippen molar-refractivity contribution in [1.29, 1.82) is 0 Å². The van der Waals surface area contributed by atoms with Crippen LogP contribution in [0.2, 0.25) is 0 Å². The van der Waals surface area contributed by atoms with Crippen LogP contribution in [0.1, 0.15) is 32.4 Å². The van der Waals surface area contributed by atoms with Gasteiger partial charge in [-0.1, -0.05) is 12.1 Å². The lowest BCUT2D eigenvalue weighted by Gasteiger charge is -2.37. The molecule has 0 saturated heterocycles. The van der Waals surface area contributed by atoms with E-state index in [1.807, 2.05) is 0 Å². The van der Waals surface area contributed by atoms with Gasteiger partial charge in [-0.25, -0.2) is 14.3 Å². The Bertz CT molecular complexity index is 882. The molecule has 0 fully saturated rings. The third-order valence-electron chi connectivity index (χ3n) is 3.63. The Morgan fingerprint density at radius 1 is 1.41 bits per heavy atom. The molecule has 0 radical (unpaired) electrons. The van der Waals surface area contributed by atoms with Gasteiger partial charge in [-0.2, -0.15) is 0 Å². The molecule has 1 N–H and O–H groups in total. The second kappa shape index (κ2) is 7.88. The number of allylic oxidation sites excluding steroid dienone is 1. The summed E-state index contributed by atoms with van der Waals surface area (Å²) in [5, 5.41) is 13.5. The SMILES string of the molecule is CC1=C(C(=O)OC(C)C)C(c2cccc([N+](=O)[O-])c2)N(P(=O)(Cl)Cl)C(=O)N1. The maximum atomic E-state index is 12.6. The van der Waals surface area contributed by atoms with Crippen LogP contribution in [0.25, 0.3) is 0 Å². The average molecular weight is 436 g/mol. The predicted octanol–water partition coefficient (Wildman–Crippen LogP) is 4.47. The van der Waals surface area contributed by atoms with Crippen molar-refractivity contribution in [3.05, 3.63) is 51.2 Å². The Balaban J connectivity index is 2.72. The topological polar surface area (TPSA) is 119 Å². The summed E-state index contributed by atoms with van der Waals surface area (Å²) < 4.78 is 18.2. The molecule has 1 aromatic rings. The van der Waals surface area contributed by atoms with E-state index >= 15 is 0 Å². The minimum absolute atomic E-state index is 0.0784. The maximum Gasteiger partial charge on any atom is 0.350 e. The molecule has 2 rings (SSSR count). The highest BCUT2D eigenvalue weighted by molar-refractivity contribution is 8.07. The van der Waals surface area contributed by atoms with Crippen molar-refractivity contribution in [3.8, 4) is 0 Å². The minimum atomic E-state index is -4.24. The molecule has 0 aromatic heterocycles. The Morgan fingerprint density at radius 3 is 2.56 bits per heavy atom. The molecule has 2 amide bonds. The van der Waals surface area contributed by atoms with Gasteiger partial charge in [-0.3, -0.25) is 14.7 Å². The van der Waals surface area contributed by atoms with E-state index in [0.717, 1.165) is 6.07 Å². The second-order valence-corrected chi connectivity index (χ2v) is 10.5. The van der Waals surface area contributed by atoms with E-state index in [4.69, 9.17) is 27.2 Å². The van der Waals surface area contributed by atoms with Gasteiger partial charge in [0.1, 0.15) is 6.04 Å². The summed E-state index contributed by atoms with van der Waals surface area (Å²) in [6.07, 6.45) is -0.478. The summed E-state index contributed by atoms with van der Waals surface area (Å²) in [6.45, 7) is 4.70. The number of rotatable bonds is 5. The Kier molecular flexibility index (Phi) is 6.19. The zero-order valence-corrected chi connectivity index (χ0v) is 16.9. The number of nitrogens with one attached hydrogen (secondary N) is 1. The standard InChI is InChI=1S/C15H16Cl2N3O6P/c1-8(2)26-14(21)12-9(3)18-15(22)19(27(16,17)25)13(12)10-5-4-6-11(7-10)20(23)24/h4-8,13H,1-3H3,(H,18,22). The van der Waals surface area contributed by atoms with Crippen molar-refractivity contribution >= 4 is 46.2 Å². The lowest BCUT2D eigenvalue weighted by molar-refractivity contribution is -0.384. The molecule has 1 aliphatic rings. The van der Waals surface area contributed by atoms with Crippen molar-refractivity contribution in [2.24, 2.45) is 0 Å². The van der Waals surface area contributed by atoms with Crippen molar-refractivity contribution in [2.75, 3.05) is 0 Å². The fraction of sp³-hybridized carbons (Fsp3) is 0.333. The monoisotopic (exact) mass is 435 g/mol. The minimum Gasteiger partial charge on any atom is -0.459 e. The van der Waals surface area contributed by atoms with Gasteiger partial charge in [-0.05, 0) is 48.8 Å². The Morgan fingerprint density at radius 2 is 2.04 bits per heavy atom. The van der Waals surface area contributed by atoms with Gasteiger partial charge in [0.2, 0.25) is 0 Å². The van der Waals surface area contributed by atoms with E-state index in [2.05, 4.69) is 5.32 Å². The number of hydrogen-bond donors (Lipinski definition) is 1. The fourth-order valence-corrected chi connectivity index (χ4v) is 4.34. The normalized spacial score (nSPS) is 17.8. The fourth-order valence-electron chi connectivity index (χ4n) is 2.63. The number of ether oxygens (including phenoxy) is 1. The number of carbonyl (C=O) groups is 2. The average Bonchev–Trinajstić information content (AvgIpc) is 2.51. The molecule has 146 valence electrons. The number of nitro benzene ring substituents is 1. The van der Waals surface area contributed by atoms with Crippen LogP contribution in [0, 0.1) is 10.1 Å². The third kappa shape index (κ3) is 4.61. The third-order valence-corrected chi connectivity index (χ3v) is 5.53. The number of esters is 1. The van der Waals surface area contributed by atoms with Crippen LogP contribution in [0.5, 0.6) is 0 Å². The van der Waals surface area contributed by atoms with Crippen LogP contribution >= 0.6 is 28.5 Å². The number of carbonyl (C=O) groups excluding carboxylic acids is 2. The summed E-state index contributed by atoms with van der Waals surface area (Å²) in [4.78, 5) is 35.5. The highest BCUT2D eigenvalue weighted by Gasteiger charge is 2.46. The first-order chi connectivity index (χ1) is 12.4. The summed E-state index contributed by atoms with van der Waals surface area (Å²) in [6, 6.07) is 2.95. The summed E-state index contributed by atoms with van der Waals surface area (Å²) in [5.41, 5.74) is -0.0900. The number of urea groups is 1. The molecular weight excluding hydrogens is 420 g/mol. The zero-order valence-electron chi connectivity index (χ0n) is 14.5. The lowest BCUT2D eigenvalue weighted by Crippen LogP contribution is -2.45. The van der Waals surface area contributed by atoms with Crippen LogP contribution in [-0.2, 0) is 14.1 Å². The van der Waals surface area contributed by atoms with E-state index in [-0.39, 0.29) is 22.5 Å². The summed E-state index contributed by atoms with van der Waals surface area (Å²) >= 11 is 11.5. The number of amides is 2. The molecule has 12 heteroatoms. The number of hydrogen-bond acceptors (Lipinski definition) is 6. The van der Waals surface area contributed by atoms with Gasteiger partial charge < -0.3 is 10.1 Å². The molecule has 0 spiro atoms. The number of non-ortho nitro benzene ring substituents is 1. The second-order valence-electron chi connectivity index (χ2n) is 5.96.